The summed E-state index contributed by atoms with van der Waals surface area (Å²) < 4.78 is 23.7. The summed E-state index contributed by atoms with van der Waals surface area (Å²) in [4.78, 5) is 20.8. The Kier molecular flexibility index (Phi) is 5.33. The average molecular weight is 347 g/mol. The number of rotatable bonds is 5. The Morgan fingerprint density at radius 2 is 2.04 bits per heavy atom. The van der Waals surface area contributed by atoms with Crippen molar-refractivity contribution in [3.05, 3.63) is 47.9 Å². The summed E-state index contributed by atoms with van der Waals surface area (Å²) in [5.74, 6) is 0.347. The van der Waals surface area contributed by atoms with E-state index < -0.39 is 0 Å². The molecule has 134 valence electrons. The SMILES string of the molecule is CN1CCC(N(C)C(=O)c2coc(COc3ccc(F)cc3)n2)CC1. The number of piperidine rings is 1. The van der Waals surface area contributed by atoms with Crippen LogP contribution in [0.2, 0.25) is 0 Å². The van der Waals surface area contributed by atoms with Gasteiger partial charge in [-0.1, -0.05) is 0 Å². The number of halogens is 1. The van der Waals surface area contributed by atoms with E-state index in [0.717, 1.165) is 25.9 Å². The summed E-state index contributed by atoms with van der Waals surface area (Å²) in [5.41, 5.74) is 0.277. The molecule has 1 aromatic carbocycles. The molecule has 3 rings (SSSR count). The number of carbonyl (C=O) groups excluding carboxylic acids is 1. The summed E-state index contributed by atoms with van der Waals surface area (Å²) >= 11 is 0. The standard InChI is InChI=1S/C18H22FN3O3/c1-21-9-7-14(8-10-21)22(2)18(23)16-11-25-17(20-16)12-24-15-5-3-13(19)4-6-15/h3-6,11,14H,7-10,12H2,1-2H3. The Balaban J connectivity index is 1.56. The second-order valence-corrected chi connectivity index (χ2v) is 6.32. The zero-order chi connectivity index (χ0) is 17.8. The van der Waals surface area contributed by atoms with Gasteiger partial charge in [-0.05, 0) is 57.2 Å². The molecule has 7 heteroatoms. The van der Waals surface area contributed by atoms with Crippen LogP contribution in [-0.2, 0) is 6.61 Å². The van der Waals surface area contributed by atoms with E-state index in [1.165, 1.54) is 30.5 Å². The maximum absolute atomic E-state index is 12.9. The molecular weight excluding hydrogens is 325 g/mol. The molecule has 6 nitrogen and oxygen atoms in total. The van der Waals surface area contributed by atoms with Crippen LogP contribution >= 0.6 is 0 Å². The third-order valence-corrected chi connectivity index (χ3v) is 4.50. The van der Waals surface area contributed by atoms with E-state index in [1.54, 1.807) is 4.90 Å². The van der Waals surface area contributed by atoms with Crippen molar-refractivity contribution in [1.82, 2.24) is 14.8 Å². The first kappa shape index (κ1) is 17.4. The van der Waals surface area contributed by atoms with Crippen LogP contribution in [0.1, 0.15) is 29.2 Å². The van der Waals surface area contributed by atoms with E-state index in [0.29, 0.717) is 11.6 Å². The van der Waals surface area contributed by atoms with Gasteiger partial charge in [0.25, 0.3) is 5.91 Å². The fourth-order valence-corrected chi connectivity index (χ4v) is 2.88. The molecule has 2 aromatic rings. The molecule has 0 radical (unpaired) electrons. The minimum atomic E-state index is -0.326. The summed E-state index contributed by atoms with van der Waals surface area (Å²) in [7, 11) is 3.89. The Hall–Kier alpha value is -2.41. The number of likely N-dealkylation sites (tertiary alicyclic amines) is 1. The first-order chi connectivity index (χ1) is 12.0. The fourth-order valence-electron chi connectivity index (χ4n) is 2.88. The molecule has 1 saturated heterocycles. The largest absolute Gasteiger partial charge is 0.484 e. The van der Waals surface area contributed by atoms with Gasteiger partial charge >= 0.3 is 0 Å². The van der Waals surface area contributed by atoms with Gasteiger partial charge in [-0.3, -0.25) is 4.79 Å². The third-order valence-electron chi connectivity index (χ3n) is 4.50. The van der Waals surface area contributed by atoms with Gasteiger partial charge in [-0.25, -0.2) is 9.37 Å². The Morgan fingerprint density at radius 1 is 1.36 bits per heavy atom. The molecule has 0 bridgehead atoms. The number of amides is 1. The average Bonchev–Trinajstić information content (AvgIpc) is 3.10. The van der Waals surface area contributed by atoms with Crippen LogP contribution in [0.5, 0.6) is 5.75 Å². The highest BCUT2D eigenvalue weighted by molar-refractivity contribution is 5.92. The van der Waals surface area contributed by atoms with E-state index in [-0.39, 0.29) is 30.1 Å². The maximum atomic E-state index is 12.9. The van der Waals surface area contributed by atoms with Crippen molar-refractivity contribution in [1.29, 1.82) is 0 Å². The molecule has 0 atom stereocenters. The van der Waals surface area contributed by atoms with Gasteiger partial charge in [0.1, 0.15) is 17.8 Å². The van der Waals surface area contributed by atoms with Gasteiger partial charge in [0.05, 0.1) is 0 Å². The number of nitrogens with zero attached hydrogens (tertiary/aromatic N) is 3. The van der Waals surface area contributed by atoms with E-state index in [1.807, 2.05) is 7.05 Å². The predicted molar refractivity (Wildman–Crippen MR) is 89.8 cm³/mol. The minimum absolute atomic E-state index is 0.0802. The van der Waals surface area contributed by atoms with Gasteiger partial charge in [0.2, 0.25) is 5.89 Å². The molecule has 1 fully saturated rings. The quantitative estimate of drug-likeness (QED) is 0.832. The van der Waals surface area contributed by atoms with E-state index in [4.69, 9.17) is 9.15 Å². The minimum Gasteiger partial charge on any atom is -0.484 e. The fraction of sp³-hybridized carbons (Fsp3) is 0.444. The maximum Gasteiger partial charge on any atom is 0.275 e. The van der Waals surface area contributed by atoms with Gasteiger partial charge in [-0.15, -0.1) is 0 Å². The van der Waals surface area contributed by atoms with Crippen molar-refractivity contribution < 1.29 is 18.3 Å². The molecule has 1 amide bonds. The van der Waals surface area contributed by atoms with Gasteiger partial charge in [0, 0.05) is 13.1 Å². The molecule has 0 saturated carbocycles. The van der Waals surface area contributed by atoms with Gasteiger partial charge in [-0.2, -0.15) is 0 Å². The Morgan fingerprint density at radius 3 is 2.72 bits per heavy atom. The topological polar surface area (TPSA) is 58.8 Å². The molecule has 0 spiro atoms. The zero-order valence-electron chi connectivity index (χ0n) is 14.4. The molecule has 2 heterocycles. The van der Waals surface area contributed by atoms with Crippen LogP contribution in [0.3, 0.4) is 0 Å². The molecule has 1 aliphatic heterocycles. The highest BCUT2D eigenvalue weighted by Crippen LogP contribution is 2.17. The normalized spacial score (nSPS) is 16.0. The lowest BCUT2D eigenvalue weighted by Gasteiger charge is -2.34. The zero-order valence-corrected chi connectivity index (χ0v) is 14.4. The number of carbonyl (C=O) groups is 1. The lowest BCUT2D eigenvalue weighted by molar-refractivity contribution is 0.0653. The monoisotopic (exact) mass is 347 g/mol. The summed E-state index contributed by atoms with van der Waals surface area (Å²) in [6, 6.07) is 5.91. The van der Waals surface area contributed by atoms with Crippen LogP contribution in [0.4, 0.5) is 4.39 Å². The van der Waals surface area contributed by atoms with Crippen LogP contribution in [0, 0.1) is 5.82 Å². The van der Waals surface area contributed by atoms with Gasteiger partial charge in [0.15, 0.2) is 12.3 Å². The molecule has 1 aliphatic rings. The molecule has 0 aliphatic carbocycles. The molecular formula is C18H22FN3O3. The summed E-state index contributed by atoms with van der Waals surface area (Å²) in [6.45, 7) is 2.05. The number of hydrogen-bond acceptors (Lipinski definition) is 5. The second-order valence-electron chi connectivity index (χ2n) is 6.32. The van der Waals surface area contributed by atoms with E-state index in [2.05, 4.69) is 16.9 Å². The third kappa shape index (κ3) is 4.36. The van der Waals surface area contributed by atoms with Crippen LogP contribution in [0.15, 0.2) is 34.9 Å². The van der Waals surface area contributed by atoms with Gasteiger partial charge < -0.3 is 19.0 Å². The van der Waals surface area contributed by atoms with E-state index >= 15 is 0 Å². The lowest BCUT2D eigenvalue weighted by Crippen LogP contribution is -2.44. The van der Waals surface area contributed by atoms with Crippen LogP contribution < -0.4 is 4.74 Å². The molecule has 25 heavy (non-hydrogen) atoms. The molecule has 0 unspecified atom stereocenters. The second kappa shape index (κ2) is 7.65. The first-order valence-corrected chi connectivity index (χ1v) is 8.31. The molecule has 0 N–H and O–H groups in total. The first-order valence-electron chi connectivity index (χ1n) is 8.31. The summed E-state index contributed by atoms with van der Waals surface area (Å²) in [5, 5.41) is 0. The highest BCUT2D eigenvalue weighted by Gasteiger charge is 2.26. The predicted octanol–water partition coefficient (Wildman–Crippen LogP) is 2.56. The highest BCUT2D eigenvalue weighted by atomic mass is 19.1. The van der Waals surface area contributed by atoms with E-state index in [9.17, 15) is 9.18 Å². The van der Waals surface area contributed by atoms with Crippen molar-refractivity contribution in [2.24, 2.45) is 0 Å². The smallest absolute Gasteiger partial charge is 0.275 e. The van der Waals surface area contributed by atoms with Crippen LogP contribution in [0.25, 0.3) is 0 Å². The van der Waals surface area contributed by atoms with Crippen molar-refractivity contribution >= 4 is 5.91 Å². The van der Waals surface area contributed by atoms with Crippen LogP contribution in [-0.4, -0.2) is 53.9 Å². The number of ether oxygens (including phenoxy) is 1. The number of oxazole rings is 1. The van der Waals surface area contributed by atoms with Crippen molar-refractivity contribution in [2.45, 2.75) is 25.5 Å². The molecule has 1 aromatic heterocycles. The van der Waals surface area contributed by atoms with Crippen molar-refractivity contribution in [3.63, 3.8) is 0 Å². The number of benzene rings is 1. The Labute approximate surface area is 146 Å². The lowest BCUT2D eigenvalue weighted by atomic mass is 10.0. The summed E-state index contributed by atoms with van der Waals surface area (Å²) in [6.07, 6.45) is 3.27. The number of aromatic nitrogens is 1. The number of hydrogen-bond donors (Lipinski definition) is 0. The van der Waals surface area contributed by atoms with Crippen molar-refractivity contribution in [3.8, 4) is 5.75 Å². The van der Waals surface area contributed by atoms with Crippen molar-refractivity contribution in [2.75, 3.05) is 27.2 Å². The Bertz CT molecular complexity index is 709.